The maximum Gasteiger partial charge on any atom is 0.254 e. The minimum absolute atomic E-state index is 0.0399. The van der Waals surface area contributed by atoms with Crippen LogP contribution in [0.3, 0.4) is 0 Å². The first-order chi connectivity index (χ1) is 15.0. The number of methoxy groups -OCH3 is 1. The van der Waals surface area contributed by atoms with E-state index in [9.17, 15) is 4.79 Å². The van der Waals surface area contributed by atoms with Gasteiger partial charge in [-0.3, -0.25) is 4.79 Å². The molecule has 0 aliphatic carbocycles. The van der Waals surface area contributed by atoms with Crippen LogP contribution >= 0.6 is 0 Å². The third kappa shape index (κ3) is 4.68. The number of ether oxygens (including phenoxy) is 1. The van der Waals surface area contributed by atoms with Crippen LogP contribution < -0.4 is 9.64 Å². The Kier molecular flexibility index (Phi) is 6.16. The minimum Gasteiger partial charge on any atom is -0.497 e. The molecule has 0 spiro atoms. The average Bonchev–Trinajstić information content (AvgIpc) is 2.81. The first kappa shape index (κ1) is 20.8. The largest absolute Gasteiger partial charge is 0.497 e. The Morgan fingerprint density at radius 2 is 1.71 bits per heavy atom. The van der Waals surface area contributed by atoms with E-state index in [-0.39, 0.29) is 5.91 Å². The van der Waals surface area contributed by atoms with Gasteiger partial charge >= 0.3 is 0 Å². The normalized spacial score (nSPS) is 13.9. The third-order valence-electron chi connectivity index (χ3n) is 5.71. The number of piperazine rings is 1. The Labute approximate surface area is 183 Å². The predicted molar refractivity (Wildman–Crippen MR) is 122 cm³/mol. The molecule has 1 saturated heterocycles. The number of hydrogen-bond acceptors (Lipinski definition) is 5. The number of nitrogens with zero attached hydrogens (tertiary/aromatic N) is 4. The molecule has 6 heteroatoms. The second-order valence-electron chi connectivity index (χ2n) is 7.83. The highest BCUT2D eigenvalue weighted by molar-refractivity contribution is 5.94. The summed E-state index contributed by atoms with van der Waals surface area (Å²) in [4.78, 5) is 26.6. The van der Waals surface area contributed by atoms with E-state index in [1.807, 2.05) is 36.1 Å². The van der Waals surface area contributed by atoms with Crippen LogP contribution in [-0.2, 0) is 6.42 Å². The van der Waals surface area contributed by atoms with Gasteiger partial charge in [0.25, 0.3) is 5.91 Å². The van der Waals surface area contributed by atoms with Gasteiger partial charge in [-0.1, -0.05) is 36.4 Å². The lowest BCUT2D eigenvalue weighted by Crippen LogP contribution is -2.49. The van der Waals surface area contributed by atoms with E-state index in [2.05, 4.69) is 41.1 Å². The number of carbonyl (C=O) groups is 1. The van der Waals surface area contributed by atoms with Crippen LogP contribution in [0.15, 0.2) is 54.6 Å². The highest BCUT2D eigenvalue weighted by Crippen LogP contribution is 2.25. The van der Waals surface area contributed by atoms with Gasteiger partial charge in [0.2, 0.25) is 0 Å². The van der Waals surface area contributed by atoms with Crippen molar-refractivity contribution in [1.82, 2.24) is 14.9 Å². The fourth-order valence-electron chi connectivity index (χ4n) is 4.05. The Bertz CT molecular complexity index is 1060. The predicted octanol–water partition coefficient (Wildman–Crippen LogP) is 3.66. The molecule has 160 valence electrons. The summed E-state index contributed by atoms with van der Waals surface area (Å²) in [5, 5.41) is 0. The van der Waals surface area contributed by atoms with Gasteiger partial charge in [-0.15, -0.1) is 0 Å². The summed E-state index contributed by atoms with van der Waals surface area (Å²) in [5.74, 6) is 2.50. The van der Waals surface area contributed by atoms with Crippen LogP contribution in [-0.4, -0.2) is 54.1 Å². The Hall–Kier alpha value is -3.41. The number of carbonyl (C=O) groups excluding carboxylic acids is 1. The van der Waals surface area contributed by atoms with Crippen LogP contribution in [0, 0.1) is 13.8 Å². The summed E-state index contributed by atoms with van der Waals surface area (Å²) >= 11 is 0. The Balaban J connectivity index is 1.51. The second-order valence-corrected chi connectivity index (χ2v) is 7.83. The van der Waals surface area contributed by atoms with Gasteiger partial charge in [-0.25, -0.2) is 9.97 Å². The van der Waals surface area contributed by atoms with Gasteiger partial charge in [0, 0.05) is 49.4 Å². The van der Waals surface area contributed by atoms with E-state index < -0.39 is 0 Å². The molecular weight excluding hydrogens is 388 g/mol. The number of rotatable bonds is 5. The van der Waals surface area contributed by atoms with E-state index >= 15 is 0 Å². The highest BCUT2D eigenvalue weighted by atomic mass is 16.5. The van der Waals surface area contributed by atoms with Crippen molar-refractivity contribution in [3.8, 4) is 5.75 Å². The lowest BCUT2D eigenvalue weighted by atomic mass is 10.0. The van der Waals surface area contributed by atoms with Gasteiger partial charge in [-0.05, 0) is 37.6 Å². The van der Waals surface area contributed by atoms with E-state index in [1.54, 1.807) is 13.2 Å². The zero-order chi connectivity index (χ0) is 21.8. The molecule has 1 fully saturated rings. The van der Waals surface area contributed by atoms with E-state index in [0.717, 1.165) is 42.4 Å². The van der Waals surface area contributed by atoms with Gasteiger partial charge in [0.05, 0.1) is 7.11 Å². The zero-order valence-corrected chi connectivity index (χ0v) is 18.3. The quantitative estimate of drug-likeness (QED) is 0.635. The Morgan fingerprint density at radius 1 is 0.968 bits per heavy atom. The summed E-state index contributed by atoms with van der Waals surface area (Å²) < 4.78 is 5.26. The number of amides is 1. The van der Waals surface area contributed by atoms with E-state index in [0.29, 0.717) is 24.4 Å². The summed E-state index contributed by atoms with van der Waals surface area (Å²) in [6, 6.07) is 17.7. The smallest absolute Gasteiger partial charge is 0.254 e. The molecule has 0 unspecified atom stereocenters. The van der Waals surface area contributed by atoms with Crippen molar-refractivity contribution in [2.75, 3.05) is 38.2 Å². The van der Waals surface area contributed by atoms with Crippen molar-refractivity contribution < 1.29 is 9.53 Å². The summed E-state index contributed by atoms with van der Waals surface area (Å²) in [6.07, 6.45) is 0.797. The van der Waals surface area contributed by atoms with Gasteiger partial charge in [0.15, 0.2) is 0 Å². The number of anilines is 1. The molecule has 0 saturated carbocycles. The number of hydrogen-bond donors (Lipinski definition) is 0. The van der Waals surface area contributed by atoms with Crippen LogP contribution in [0.4, 0.5) is 5.82 Å². The van der Waals surface area contributed by atoms with Crippen LogP contribution in [0.2, 0.25) is 0 Å². The van der Waals surface area contributed by atoms with Crippen molar-refractivity contribution in [2.45, 2.75) is 20.3 Å². The van der Waals surface area contributed by atoms with Crippen molar-refractivity contribution in [3.63, 3.8) is 0 Å². The number of aromatic nitrogens is 2. The van der Waals surface area contributed by atoms with Crippen molar-refractivity contribution >= 4 is 11.7 Å². The number of aryl methyl sites for hydroxylation is 2. The van der Waals surface area contributed by atoms with Crippen LogP contribution in [0.5, 0.6) is 5.75 Å². The SMILES string of the molecule is COc1cccc(C(=O)N2CCN(c3nc(C)nc(C)c3Cc3ccccc3)CC2)c1. The molecule has 3 aromatic rings. The van der Waals surface area contributed by atoms with E-state index in [4.69, 9.17) is 9.72 Å². The fourth-order valence-corrected chi connectivity index (χ4v) is 4.05. The zero-order valence-electron chi connectivity index (χ0n) is 18.3. The van der Waals surface area contributed by atoms with Crippen molar-refractivity contribution in [3.05, 3.63) is 82.8 Å². The molecule has 1 aromatic heterocycles. The van der Waals surface area contributed by atoms with Crippen LogP contribution in [0.25, 0.3) is 0 Å². The maximum atomic E-state index is 13.0. The lowest BCUT2D eigenvalue weighted by Gasteiger charge is -2.36. The maximum absolute atomic E-state index is 13.0. The topological polar surface area (TPSA) is 58.6 Å². The van der Waals surface area contributed by atoms with Crippen molar-refractivity contribution in [1.29, 1.82) is 0 Å². The molecule has 0 N–H and O–H groups in total. The molecule has 2 aromatic carbocycles. The third-order valence-corrected chi connectivity index (χ3v) is 5.71. The van der Waals surface area contributed by atoms with E-state index in [1.165, 1.54) is 5.56 Å². The van der Waals surface area contributed by atoms with Gasteiger partial charge < -0.3 is 14.5 Å². The summed E-state index contributed by atoms with van der Waals surface area (Å²) in [5.41, 5.74) is 4.07. The van der Waals surface area contributed by atoms with Crippen molar-refractivity contribution in [2.24, 2.45) is 0 Å². The molecule has 1 amide bonds. The minimum atomic E-state index is 0.0399. The molecular formula is C25H28N4O2. The molecule has 1 aliphatic rings. The molecule has 0 bridgehead atoms. The molecule has 0 atom stereocenters. The van der Waals surface area contributed by atoms with Crippen LogP contribution in [0.1, 0.15) is 33.0 Å². The first-order valence-electron chi connectivity index (χ1n) is 10.6. The number of benzene rings is 2. The first-order valence-corrected chi connectivity index (χ1v) is 10.6. The highest BCUT2D eigenvalue weighted by Gasteiger charge is 2.25. The molecule has 2 heterocycles. The second kappa shape index (κ2) is 9.16. The lowest BCUT2D eigenvalue weighted by molar-refractivity contribution is 0.0746. The molecule has 0 radical (unpaired) electrons. The summed E-state index contributed by atoms with van der Waals surface area (Å²) in [6.45, 7) is 6.79. The molecule has 6 nitrogen and oxygen atoms in total. The van der Waals surface area contributed by atoms with Gasteiger partial charge in [-0.2, -0.15) is 0 Å². The van der Waals surface area contributed by atoms with Gasteiger partial charge in [0.1, 0.15) is 17.4 Å². The molecule has 4 rings (SSSR count). The summed E-state index contributed by atoms with van der Waals surface area (Å²) in [7, 11) is 1.61. The fraction of sp³-hybridized carbons (Fsp3) is 0.320. The standard InChI is InChI=1S/C25H28N4O2/c1-18-23(16-20-8-5-4-6-9-20)24(27-19(2)26-18)28-12-14-29(15-13-28)25(30)21-10-7-11-22(17-21)31-3/h4-11,17H,12-16H2,1-3H3. The monoisotopic (exact) mass is 416 g/mol. The Morgan fingerprint density at radius 3 is 2.42 bits per heavy atom. The average molecular weight is 417 g/mol. The molecule has 1 aliphatic heterocycles. The molecule has 31 heavy (non-hydrogen) atoms.